The Kier molecular flexibility index (Phi) is 4.82. The van der Waals surface area contributed by atoms with E-state index in [2.05, 4.69) is 22.3 Å². The van der Waals surface area contributed by atoms with Crippen LogP contribution in [-0.4, -0.2) is 19.0 Å². The molecule has 0 spiro atoms. The topological polar surface area (TPSA) is 32.3 Å². The molecule has 5 heteroatoms. The van der Waals surface area contributed by atoms with Gasteiger partial charge < -0.3 is 10.2 Å². The highest BCUT2D eigenvalue weighted by molar-refractivity contribution is 6.30. The van der Waals surface area contributed by atoms with E-state index in [9.17, 15) is 9.18 Å². The van der Waals surface area contributed by atoms with Gasteiger partial charge in [-0.15, -0.1) is 0 Å². The maximum absolute atomic E-state index is 13.3. The molecule has 1 amide bonds. The van der Waals surface area contributed by atoms with Crippen LogP contribution in [0.1, 0.15) is 12.0 Å². The van der Waals surface area contributed by atoms with Crippen molar-refractivity contribution in [3.63, 3.8) is 0 Å². The zero-order chi connectivity index (χ0) is 16.2. The maximum atomic E-state index is 13.3. The summed E-state index contributed by atoms with van der Waals surface area (Å²) in [5, 5.41) is 3.21. The molecule has 0 radical (unpaired) electrons. The lowest BCUT2D eigenvalue weighted by molar-refractivity contribution is -0.124. The van der Waals surface area contributed by atoms with E-state index >= 15 is 0 Å². The number of nitrogens with one attached hydrogen (secondary N) is 1. The van der Waals surface area contributed by atoms with E-state index in [1.165, 1.54) is 12.1 Å². The Morgan fingerprint density at radius 3 is 2.78 bits per heavy atom. The number of hydrogen-bond acceptors (Lipinski definition) is 2. The predicted octanol–water partition coefficient (Wildman–Crippen LogP) is 3.62. The summed E-state index contributed by atoms with van der Waals surface area (Å²) in [4.78, 5) is 14.5. The van der Waals surface area contributed by atoms with Gasteiger partial charge in [0, 0.05) is 30.3 Å². The summed E-state index contributed by atoms with van der Waals surface area (Å²) >= 11 is 5.82. The van der Waals surface area contributed by atoms with Crippen LogP contribution in [0.5, 0.6) is 0 Å². The second-order valence-electron chi connectivity index (χ2n) is 5.76. The van der Waals surface area contributed by atoms with Crippen molar-refractivity contribution in [1.82, 2.24) is 5.32 Å². The fourth-order valence-electron chi connectivity index (χ4n) is 2.89. The summed E-state index contributed by atoms with van der Waals surface area (Å²) in [5.74, 6) is -0.430. The fraction of sp³-hybridized carbons (Fsp3) is 0.278. The van der Waals surface area contributed by atoms with Gasteiger partial charge in [0.2, 0.25) is 5.91 Å². The molecule has 3 nitrogen and oxygen atoms in total. The Balaban J connectivity index is 1.55. The van der Waals surface area contributed by atoms with Crippen molar-refractivity contribution >= 4 is 23.2 Å². The number of rotatable bonds is 4. The number of anilines is 1. The van der Waals surface area contributed by atoms with Crippen LogP contribution in [0.25, 0.3) is 0 Å². The molecular formula is C18H18ClFN2O. The molecule has 1 heterocycles. The SMILES string of the molecule is O=C(NCc1cc(F)cc(Cl)c1)C1CCN(c2ccccc2)C1. The number of carbonyl (C=O) groups is 1. The number of amides is 1. The summed E-state index contributed by atoms with van der Waals surface area (Å²) in [6, 6.07) is 14.4. The minimum atomic E-state index is -0.391. The first-order valence-electron chi connectivity index (χ1n) is 7.64. The van der Waals surface area contributed by atoms with Crippen molar-refractivity contribution in [1.29, 1.82) is 0 Å². The highest BCUT2D eigenvalue weighted by atomic mass is 35.5. The van der Waals surface area contributed by atoms with Gasteiger partial charge in [0.1, 0.15) is 5.82 Å². The van der Waals surface area contributed by atoms with Gasteiger partial charge in [-0.3, -0.25) is 4.79 Å². The molecule has 0 saturated carbocycles. The summed E-state index contributed by atoms with van der Waals surface area (Å²) in [7, 11) is 0. The molecule has 1 saturated heterocycles. The monoisotopic (exact) mass is 332 g/mol. The van der Waals surface area contributed by atoms with Crippen LogP contribution in [0, 0.1) is 11.7 Å². The Bertz CT molecular complexity index is 672. The quantitative estimate of drug-likeness (QED) is 0.927. The van der Waals surface area contributed by atoms with E-state index < -0.39 is 5.82 Å². The molecule has 0 bridgehead atoms. The second-order valence-corrected chi connectivity index (χ2v) is 6.20. The molecule has 120 valence electrons. The van der Waals surface area contributed by atoms with Crippen molar-refractivity contribution in [2.45, 2.75) is 13.0 Å². The van der Waals surface area contributed by atoms with Crippen LogP contribution in [0.2, 0.25) is 5.02 Å². The number of nitrogens with zero attached hydrogens (tertiary/aromatic N) is 1. The molecule has 1 N–H and O–H groups in total. The van der Waals surface area contributed by atoms with E-state index in [4.69, 9.17) is 11.6 Å². The molecule has 23 heavy (non-hydrogen) atoms. The van der Waals surface area contributed by atoms with Crippen molar-refractivity contribution in [3.05, 3.63) is 64.9 Å². The van der Waals surface area contributed by atoms with Gasteiger partial charge in [-0.1, -0.05) is 29.8 Å². The van der Waals surface area contributed by atoms with Crippen LogP contribution in [0.15, 0.2) is 48.5 Å². The van der Waals surface area contributed by atoms with Crippen molar-refractivity contribution in [2.75, 3.05) is 18.0 Å². The first-order valence-corrected chi connectivity index (χ1v) is 8.02. The number of hydrogen-bond donors (Lipinski definition) is 1. The third-order valence-electron chi connectivity index (χ3n) is 4.07. The van der Waals surface area contributed by atoms with Crippen molar-refractivity contribution in [2.24, 2.45) is 5.92 Å². The van der Waals surface area contributed by atoms with E-state index in [1.807, 2.05) is 18.2 Å². The van der Waals surface area contributed by atoms with Gasteiger partial charge in [-0.2, -0.15) is 0 Å². The van der Waals surface area contributed by atoms with Crippen LogP contribution in [-0.2, 0) is 11.3 Å². The van der Waals surface area contributed by atoms with Crippen LogP contribution in [0.3, 0.4) is 0 Å². The molecule has 1 aliphatic rings. The fourth-order valence-corrected chi connectivity index (χ4v) is 3.14. The number of carbonyl (C=O) groups excluding carboxylic acids is 1. The molecule has 0 aromatic heterocycles. The second kappa shape index (κ2) is 7.01. The standard InChI is InChI=1S/C18H18ClFN2O/c19-15-8-13(9-16(20)10-15)11-21-18(23)14-6-7-22(12-14)17-4-2-1-3-5-17/h1-5,8-10,14H,6-7,11-12H2,(H,21,23). The Hall–Kier alpha value is -2.07. The molecule has 0 aliphatic carbocycles. The minimum Gasteiger partial charge on any atom is -0.371 e. The summed E-state index contributed by atoms with van der Waals surface area (Å²) < 4.78 is 13.3. The molecule has 2 aromatic carbocycles. The third-order valence-corrected chi connectivity index (χ3v) is 4.29. The van der Waals surface area contributed by atoms with Gasteiger partial charge in [-0.25, -0.2) is 4.39 Å². The largest absolute Gasteiger partial charge is 0.371 e. The number of halogens is 2. The smallest absolute Gasteiger partial charge is 0.225 e. The zero-order valence-corrected chi connectivity index (χ0v) is 13.4. The maximum Gasteiger partial charge on any atom is 0.225 e. The molecule has 1 atom stereocenters. The lowest BCUT2D eigenvalue weighted by Gasteiger charge is -2.18. The lowest BCUT2D eigenvalue weighted by atomic mass is 10.1. The molecule has 3 rings (SSSR count). The summed E-state index contributed by atoms with van der Waals surface area (Å²) in [6.07, 6.45) is 0.824. The average Bonchev–Trinajstić information content (AvgIpc) is 3.03. The minimum absolute atomic E-state index is 0.00353. The van der Waals surface area contributed by atoms with Gasteiger partial charge in [-0.05, 0) is 42.3 Å². The van der Waals surface area contributed by atoms with Gasteiger partial charge >= 0.3 is 0 Å². The summed E-state index contributed by atoms with van der Waals surface area (Å²) in [5.41, 5.74) is 1.81. The lowest BCUT2D eigenvalue weighted by Crippen LogP contribution is -2.32. The summed E-state index contributed by atoms with van der Waals surface area (Å²) in [6.45, 7) is 1.87. The van der Waals surface area contributed by atoms with E-state index in [0.29, 0.717) is 17.1 Å². The molecule has 1 fully saturated rings. The highest BCUT2D eigenvalue weighted by Crippen LogP contribution is 2.23. The highest BCUT2D eigenvalue weighted by Gasteiger charge is 2.28. The normalized spacial score (nSPS) is 17.3. The molecule has 2 aromatic rings. The average molecular weight is 333 g/mol. The predicted molar refractivity (Wildman–Crippen MR) is 90.0 cm³/mol. The number of benzene rings is 2. The van der Waals surface area contributed by atoms with E-state index in [0.717, 1.165) is 18.7 Å². The van der Waals surface area contributed by atoms with Gasteiger partial charge in [0.05, 0.1) is 5.92 Å². The Labute approximate surface area is 140 Å². The molecule has 1 unspecified atom stereocenters. The van der Waals surface area contributed by atoms with Crippen molar-refractivity contribution in [3.8, 4) is 0 Å². The Morgan fingerprint density at radius 2 is 2.04 bits per heavy atom. The zero-order valence-electron chi connectivity index (χ0n) is 12.6. The van der Waals surface area contributed by atoms with Gasteiger partial charge in [0.15, 0.2) is 0 Å². The van der Waals surface area contributed by atoms with Crippen LogP contribution < -0.4 is 10.2 Å². The van der Waals surface area contributed by atoms with Gasteiger partial charge in [0.25, 0.3) is 0 Å². The molecule has 1 aliphatic heterocycles. The van der Waals surface area contributed by atoms with Crippen LogP contribution >= 0.6 is 11.6 Å². The van der Waals surface area contributed by atoms with E-state index in [1.54, 1.807) is 6.07 Å². The van der Waals surface area contributed by atoms with E-state index in [-0.39, 0.29) is 18.4 Å². The first kappa shape index (κ1) is 15.8. The number of para-hydroxylation sites is 1. The third kappa shape index (κ3) is 4.02. The molecular weight excluding hydrogens is 315 g/mol. The van der Waals surface area contributed by atoms with Crippen molar-refractivity contribution < 1.29 is 9.18 Å². The van der Waals surface area contributed by atoms with Crippen LogP contribution in [0.4, 0.5) is 10.1 Å². The Morgan fingerprint density at radius 1 is 1.26 bits per heavy atom. The first-order chi connectivity index (χ1) is 11.1.